The van der Waals surface area contributed by atoms with Crippen molar-refractivity contribution in [3.8, 4) is 0 Å². The number of hydrogen-bond donors (Lipinski definition) is 1. The third kappa shape index (κ3) is 5.52. The Morgan fingerprint density at radius 1 is 1.00 bits per heavy atom. The zero-order chi connectivity index (χ0) is 26.4. The number of benzene rings is 2. The first kappa shape index (κ1) is 26.0. The van der Waals surface area contributed by atoms with Crippen LogP contribution in [0, 0.1) is 0 Å². The average Bonchev–Trinajstić information content (AvgIpc) is 3.24. The second-order valence-corrected chi connectivity index (χ2v) is 9.32. The van der Waals surface area contributed by atoms with Gasteiger partial charge in [-0.05, 0) is 30.4 Å². The molecule has 2 fully saturated rings. The van der Waals surface area contributed by atoms with Crippen LogP contribution < -0.4 is 5.73 Å². The van der Waals surface area contributed by atoms with Crippen molar-refractivity contribution < 1.29 is 28.7 Å². The van der Waals surface area contributed by atoms with Gasteiger partial charge in [-0.15, -0.1) is 0 Å². The van der Waals surface area contributed by atoms with Gasteiger partial charge in [0.05, 0.1) is 19.2 Å². The van der Waals surface area contributed by atoms with Crippen LogP contribution in [0.3, 0.4) is 0 Å². The normalized spacial score (nSPS) is 20.1. The number of nitrogens with two attached hydrogens (primary N) is 1. The fourth-order valence-electron chi connectivity index (χ4n) is 5.21. The van der Waals surface area contributed by atoms with Gasteiger partial charge in [-0.1, -0.05) is 60.7 Å². The quantitative estimate of drug-likeness (QED) is 0.572. The summed E-state index contributed by atoms with van der Waals surface area (Å²) in [6.07, 6.45) is 0.855. The van der Waals surface area contributed by atoms with Crippen LogP contribution in [-0.2, 0) is 26.4 Å². The molecule has 2 aromatic carbocycles. The van der Waals surface area contributed by atoms with E-state index >= 15 is 0 Å². The number of likely N-dealkylation sites (tertiary alicyclic amines) is 1. The smallest absolute Gasteiger partial charge is 0.410 e. The van der Waals surface area contributed by atoms with Gasteiger partial charge in [-0.2, -0.15) is 0 Å². The van der Waals surface area contributed by atoms with Crippen molar-refractivity contribution in [3.05, 3.63) is 71.8 Å². The SMILES string of the molecule is COC(=O)CCC1(c2ccccc2)CN(C2CCN(C(=O)OCc3ccccc3)CC2)C(=O)N1C(N)=O. The summed E-state index contributed by atoms with van der Waals surface area (Å²) >= 11 is 0. The largest absolute Gasteiger partial charge is 0.469 e. The van der Waals surface area contributed by atoms with E-state index in [2.05, 4.69) is 0 Å². The molecule has 1 atom stereocenters. The number of amides is 5. The standard InChI is InChI=1S/C27H32N4O6/c1-36-23(32)12-15-27(21-10-6-3-7-11-21)19-30(25(34)31(27)24(28)33)22-13-16-29(17-14-22)26(35)37-18-20-8-4-2-5-9-20/h2-11,22H,12-19H2,1H3,(H2,28,33). The molecule has 37 heavy (non-hydrogen) atoms. The van der Waals surface area contributed by atoms with Crippen molar-refractivity contribution in [3.63, 3.8) is 0 Å². The average molecular weight is 509 g/mol. The van der Waals surface area contributed by atoms with Crippen molar-refractivity contribution in [1.29, 1.82) is 0 Å². The van der Waals surface area contributed by atoms with Gasteiger partial charge in [0.2, 0.25) is 0 Å². The Bertz CT molecular complexity index is 1120. The van der Waals surface area contributed by atoms with Gasteiger partial charge in [-0.3, -0.25) is 4.79 Å². The minimum absolute atomic E-state index is 0.0159. The van der Waals surface area contributed by atoms with E-state index in [0.717, 1.165) is 16.0 Å². The molecule has 2 saturated heterocycles. The maximum Gasteiger partial charge on any atom is 0.410 e. The van der Waals surface area contributed by atoms with Gasteiger partial charge in [0, 0.05) is 25.6 Å². The molecule has 2 N–H and O–H groups in total. The Morgan fingerprint density at radius 3 is 2.22 bits per heavy atom. The highest BCUT2D eigenvalue weighted by Crippen LogP contribution is 2.42. The highest BCUT2D eigenvalue weighted by atomic mass is 16.6. The first-order valence-electron chi connectivity index (χ1n) is 12.3. The van der Waals surface area contributed by atoms with Crippen LogP contribution in [0.2, 0.25) is 0 Å². The summed E-state index contributed by atoms with van der Waals surface area (Å²) in [5.74, 6) is -0.437. The second-order valence-electron chi connectivity index (χ2n) is 9.32. The Balaban J connectivity index is 1.47. The Morgan fingerprint density at radius 2 is 1.62 bits per heavy atom. The van der Waals surface area contributed by atoms with E-state index in [9.17, 15) is 19.2 Å². The molecule has 0 radical (unpaired) electrons. The van der Waals surface area contributed by atoms with Gasteiger partial charge in [0.1, 0.15) is 6.61 Å². The Hall–Kier alpha value is -4.08. The van der Waals surface area contributed by atoms with Crippen LogP contribution in [0.25, 0.3) is 0 Å². The molecule has 2 heterocycles. The van der Waals surface area contributed by atoms with E-state index < -0.39 is 29.7 Å². The monoisotopic (exact) mass is 508 g/mol. The number of rotatable bonds is 7. The first-order chi connectivity index (χ1) is 17.9. The maximum atomic E-state index is 13.6. The van der Waals surface area contributed by atoms with Crippen molar-refractivity contribution in [2.75, 3.05) is 26.7 Å². The molecule has 0 aliphatic carbocycles. The van der Waals surface area contributed by atoms with Gasteiger partial charge < -0.3 is 25.0 Å². The van der Waals surface area contributed by atoms with Gasteiger partial charge in [-0.25, -0.2) is 19.3 Å². The van der Waals surface area contributed by atoms with Crippen LogP contribution >= 0.6 is 0 Å². The summed E-state index contributed by atoms with van der Waals surface area (Å²) in [5.41, 5.74) is 6.25. The molecule has 10 heteroatoms. The molecule has 1 unspecified atom stereocenters. The Labute approximate surface area is 215 Å². The van der Waals surface area contributed by atoms with Crippen LogP contribution in [0.5, 0.6) is 0 Å². The summed E-state index contributed by atoms with van der Waals surface area (Å²) < 4.78 is 10.3. The highest BCUT2D eigenvalue weighted by molar-refractivity contribution is 5.96. The van der Waals surface area contributed by atoms with E-state index in [1.165, 1.54) is 7.11 Å². The molecule has 0 aromatic heterocycles. The lowest BCUT2D eigenvalue weighted by molar-refractivity contribution is -0.141. The number of esters is 1. The number of ether oxygens (including phenoxy) is 2. The van der Waals surface area contributed by atoms with Crippen LogP contribution in [0.15, 0.2) is 60.7 Å². The number of nitrogens with zero attached hydrogens (tertiary/aromatic N) is 3. The predicted octanol–water partition coefficient (Wildman–Crippen LogP) is 3.45. The van der Waals surface area contributed by atoms with E-state index in [-0.39, 0.29) is 32.0 Å². The topological polar surface area (TPSA) is 122 Å². The third-order valence-electron chi connectivity index (χ3n) is 7.17. The molecule has 0 bridgehead atoms. The molecule has 4 rings (SSSR count). The zero-order valence-electron chi connectivity index (χ0n) is 20.9. The lowest BCUT2D eigenvalue weighted by Crippen LogP contribution is -2.51. The maximum absolute atomic E-state index is 13.6. The molecule has 0 spiro atoms. The number of urea groups is 2. The van der Waals surface area contributed by atoms with Crippen molar-refractivity contribution in [1.82, 2.24) is 14.7 Å². The molecule has 0 saturated carbocycles. The number of piperidine rings is 1. The second kappa shape index (κ2) is 11.3. The predicted molar refractivity (Wildman–Crippen MR) is 134 cm³/mol. The highest BCUT2D eigenvalue weighted by Gasteiger charge is 2.55. The minimum atomic E-state index is -1.11. The van der Waals surface area contributed by atoms with Crippen molar-refractivity contribution >= 4 is 24.1 Å². The first-order valence-corrected chi connectivity index (χ1v) is 12.3. The van der Waals surface area contributed by atoms with E-state index in [1.807, 2.05) is 60.7 Å². The van der Waals surface area contributed by atoms with E-state index in [0.29, 0.717) is 25.9 Å². The Kier molecular flexibility index (Phi) is 7.95. The number of hydrogen-bond acceptors (Lipinski definition) is 6. The summed E-state index contributed by atoms with van der Waals surface area (Å²) in [6.45, 7) is 1.22. The number of imide groups is 1. The molecule has 2 aromatic rings. The molecule has 5 amide bonds. The van der Waals surface area contributed by atoms with Crippen molar-refractivity contribution in [2.24, 2.45) is 5.73 Å². The molecular formula is C27H32N4O6. The molecule has 2 aliphatic heterocycles. The summed E-state index contributed by atoms with van der Waals surface area (Å²) in [6, 6.07) is 17.0. The lowest BCUT2D eigenvalue weighted by atomic mass is 9.84. The fourth-order valence-corrected chi connectivity index (χ4v) is 5.21. The minimum Gasteiger partial charge on any atom is -0.469 e. The zero-order valence-corrected chi connectivity index (χ0v) is 20.9. The van der Waals surface area contributed by atoms with Gasteiger partial charge in [0.25, 0.3) is 0 Å². The van der Waals surface area contributed by atoms with Crippen LogP contribution in [0.1, 0.15) is 36.8 Å². The number of methoxy groups -OCH3 is 1. The summed E-state index contributed by atoms with van der Waals surface area (Å²) in [5, 5.41) is 0. The van der Waals surface area contributed by atoms with Crippen molar-refractivity contribution in [2.45, 2.75) is 43.9 Å². The van der Waals surface area contributed by atoms with Crippen LogP contribution in [0.4, 0.5) is 14.4 Å². The fraction of sp³-hybridized carbons (Fsp3) is 0.407. The van der Waals surface area contributed by atoms with E-state index in [1.54, 1.807) is 9.80 Å². The molecule has 10 nitrogen and oxygen atoms in total. The van der Waals surface area contributed by atoms with Crippen LogP contribution in [-0.4, -0.2) is 71.6 Å². The van der Waals surface area contributed by atoms with Gasteiger partial charge >= 0.3 is 24.1 Å². The summed E-state index contributed by atoms with van der Waals surface area (Å²) in [4.78, 5) is 55.1. The number of primary amides is 1. The van der Waals surface area contributed by atoms with E-state index in [4.69, 9.17) is 15.2 Å². The van der Waals surface area contributed by atoms with Gasteiger partial charge in [0.15, 0.2) is 0 Å². The summed E-state index contributed by atoms with van der Waals surface area (Å²) in [7, 11) is 1.30. The lowest BCUT2D eigenvalue weighted by Gasteiger charge is -2.37. The number of carbonyl (C=O) groups excluding carboxylic acids is 4. The molecule has 2 aliphatic rings. The number of carbonyl (C=O) groups is 4. The molecule has 196 valence electrons. The molecular weight excluding hydrogens is 476 g/mol. The third-order valence-corrected chi connectivity index (χ3v) is 7.17.